The van der Waals surface area contributed by atoms with Gasteiger partial charge in [-0.25, -0.2) is 13.1 Å². The van der Waals surface area contributed by atoms with E-state index in [1.54, 1.807) is 0 Å². The van der Waals surface area contributed by atoms with Gasteiger partial charge in [0.25, 0.3) is 0 Å². The molecule has 0 spiro atoms. The molecule has 0 amide bonds. The first-order valence-corrected chi connectivity index (χ1v) is 8.51. The number of benzene rings is 1. The highest BCUT2D eigenvalue weighted by molar-refractivity contribution is 9.10. The van der Waals surface area contributed by atoms with Crippen LogP contribution in [0.5, 0.6) is 0 Å². The van der Waals surface area contributed by atoms with Crippen LogP contribution in [0, 0.1) is 0 Å². The number of ether oxygens (including phenoxy) is 1. The number of methoxy groups -OCH3 is 1. The number of nitrogens with one attached hydrogen (secondary N) is 1. The number of esters is 1. The Morgan fingerprint density at radius 1 is 1.53 bits per heavy atom. The molecular weight excluding hydrogens is 425 g/mol. The Labute approximate surface area is 133 Å². The topological polar surface area (TPSA) is 72.5 Å². The van der Waals surface area contributed by atoms with Crippen molar-refractivity contribution < 1.29 is 17.9 Å². The molecule has 19 heavy (non-hydrogen) atoms. The van der Waals surface area contributed by atoms with E-state index in [1.807, 2.05) is 0 Å². The minimum Gasteiger partial charge on any atom is -0.468 e. The van der Waals surface area contributed by atoms with Gasteiger partial charge < -0.3 is 4.74 Å². The number of alkyl halides is 1. The Hall–Kier alpha value is -0.150. The highest BCUT2D eigenvalue weighted by Gasteiger charge is 2.20. The number of hydrogen-bond donors (Lipinski definition) is 1. The summed E-state index contributed by atoms with van der Waals surface area (Å²) in [5, 5.41) is 0.409. The highest BCUT2D eigenvalue weighted by Crippen LogP contribution is 2.25. The lowest BCUT2D eigenvalue weighted by Crippen LogP contribution is -2.33. The molecule has 9 heteroatoms. The molecule has 1 rings (SSSR count). The zero-order chi connectivity index (χ0) is 14.6. The summed E-state index contributed by atoms with van der Waals surface area (Å²) in [4.78, 5) is 10.4. The highest BCUT2D eigenvalue weighted by atomic mass is 79.9. The predicted molar refractivity (Wildman–Crippen MR) is 79.1 cm³/mol. The van der Waals surface area contributed by atoms with Gasteiger partial charge in [0.2, 0.25) is 10.0 Å². The number of rotatable bonds is 5. The molecule has 0 aliphatic rings. The molecule has 1 aromatic carbocycles. The lowest BCUT2D eigenvalue weighted by molar-refractivity contribution is -0.139. The van der Waals surface area contributed by atoms with Crippen LogP contribution in [0.1, 0.15) is 0 Å². The molecule has 0 heterocycles. The van der Waals surface area contributed by atoms with Gasteiger partial charge >= 0.3 is 5.97 Å². The third-order valence-electron chi connectivity index (χ3n) is 2.11. The van der Waals surface area contributed by atoms with Crippen molar-refractivity contribution in [3.05, 3.63) is 27.7 Å². The van der Waals surface area contributed by atoms with Crippen molar-refractivity contribution in [1.82, 2.24) is 4.72 Å². The molecule has 0 bridgehead atoms. The minimum atomic E-state index is -3.71. The van der Waals surface area contributed by atoms with E-state index in [0.717, 1.165) is 0 Å². The van der Waals surface area contributed by atoms with Crippen LogP contribution < -0.4 is 4.72 Å². The van der Waals surface area contributed by atoms with Crippen molar-refractivity contribution in [2.75, 3.05) is 13.7 Å². The van der Waals surface area contributed by atoms with E-state index in [9.17, 15) is 13.2 Å². The zero-order valence-electron chi connectivity index (χ0n) is 9.69. The first-order chi connectivity index (χ1) is 8.77. The van der Waals surface area contributed by atoms with Crippen LogP contribution in [-0.2, 0) is 19.6 Å². The average molecular weight is 436 g/mol. The van der Waals surface area contributed by atoms with Crippen molar-refractivity contribution in [2.24, 2.45) is 0 Å². The monoisotopic (exact) mass is 433 g/mol. The van der Waals surface area contributed by atoms with Gasteiger partial charge in [-0.3, -0.25) is 4.79 Å². The third-order valence-corrected chi connectivity index (χ3v) is 5.44. The summed E-state index contributed by atoms with van der Waals surface area (Å²) in [7, 11) is -2.49. The van der Waals surface area contributed by atoms with Crippen molar-refractivity contribution in [2.45, 2.75) is 9.72 Å². The number of carbonyl (C=O) groups is 1. The first-order valence-electron chi connectivity index (χ1n) is 4.94. The second-order valence-electron chi connectivity index (χ2n) is 3.42. The Morgan fingerprint density at radius 2 is 2.16 bits per heavy atom. The van der Waals surface area contributed by atoms with E-state index in [1.165, 1.54) is 25.3 Å². The van der Waals surface area contributed by atoms with Crippen LogP contribution in [0.3, 0.4) is 0 Å². The van der Waals surface area contributed by atoms with Gasteiger partial charge in [0, 0.05) is 11.0 Å². The molecule has 0 saturated carbocycles. The molecule has 5 nitrogen and oxygen atoms in total. The maximum Gasteiger partial charge on any atom is 0.320 e. The van der Waals surface area contributed by atoms with Gasteiger partial charge in [0.15, 0.2) is 0 Å². The molecule has 1 N–H and O–H groups in total. The molecule has 1 atom stereocenters. The summed E-state index contributed by atoms with van der Waals surface area (Å²) >= 11 is 12.0. The summed E-state index contributed by atoms with van der Waals surface area (Å²) in [5.41, 5.74) is 0. The summed E-state index contributed by atoms with van der Waals surface area (Å²) in [6, 6.07) is 4.22. The van der Waals surface area contributed by atoms with Gasteiger partial charge in [-0.05, 0) is 34.1 Å². The van der Waals surface area contributed by atoms with Crippen LogP contribution in [0.4, 0.5) is 0 Å². The molecule has 0 fully saturated rings. The Balaban J connectivity index is 2.81. The molecular formula is C10H10Br2ClNO4S. The van der Waals surface area contributed by atoms with Crippen LogP contribution in [0.25, 0.3) is 0 Å². The molecule has 0 radical (unpaired) electrons. The zero-order valence-corrected chi connectivity index (χ0v) is 14.4. The Kier molecular flexibility index (Phi) is 6.25. The van der Waals surface area contributed by atoms with E-state index in [0.29, 0.717) is 9.50 Å². The van der Waals surface area contributed by atoms with Gasteiger partial charge in [-0.2, -0.15) is 0 Å². The second-order valence-corrected chi connectivity index (χ2v) is 7.55. The van der Waals surface area contributed by atoms with Crippen LogP contribution in [0.15, 0.2) is 27.6 Å². The number of carbonyl (C=O) groups excluding carboxylic acids is 1. The summed E-state index contributed by atoms with van der Waals surface area (Å²) in [5.74, 6) is -0.556. The molecule has 1 unspecified atom stereocenters. The lowest BCUT2D eigenvalue weighted by Gasteiger charge is -2.10. The van der Waals surface area contributed by atoms with E-state index >= 15 is 0 Å². The number of halogens is 3. The molecule has 106 valence electrons. The summed E-state index contributed by atoms with van der Waals surface area (Å²) in [6.45, 7) is -0.116. The molecule has 0 aromatic heterocycles. The van der Waals surface area contributed by atoms with E-state index < -0.39 is 20.8 Å². The average Bonchev–Trinajstić information content (AvgIpc) is 2.38. The SMILES string of the molecule is COC(=O)C(Br)CNS(=O)(=O)c1ccc(Cl)c(Br)c1. The fourth-order valence-corrected chi connectivity index (χ4v) is 3.41. The maximum absolute atomic E-state index is 12.0. The predicted octanol–water partition coefficient (Wildman–Crippen LogP) is 2.32. The van der Waals surface area contributed by atoms with E-state index in [-0.39, 0.29) is 11.4 Å². The maximum atomic E-state index is 12.0. The fourth-order valence-electron chi connectivity index (χ4n) is 1.12. The van der Waals surface area contributed by atoms with Crippen molar-refractivity contribution in [3.63, 3.8) is 0 Å². The van der Waals surface area contributed by atoms with Gasteiger partial charge in [-0.15, -0.1) is 0 Å². The van der Waals surface area contributed by atoms with Crippen LogP contribution in [-0.4, -0.2) is 32.9 Å². The van der Waals surface area contributed by atoms with Crippen molar-refractivity contribution >= 4 is 59.5 Å². The van der Waals surface area contributed by atoms with Crippen LogP contribution in [0.2, 0.25) is 5.02 Å². The van der Waals surface area contributed by atoms with Gasteiger partial charge in [0.1, 0.15) is 4.83 Å². The normalized spacial score (nSPS) is 13.1. The second kappa shape index (κ2) is 7.03. The quantitative estimate of drug-likeness (QED) is 0.569. The van der Waals surface area contributed by atoms with Crippen molar-refractivity contribution in [1.29, 1.82) is 0 Å². The standard InChI is InChI=1S/C10H10Br2ClNO4S/c1-18-10(15)8(12)5-14-19(16,17)6-2-3-9(13)7(11)4-6/h2-4,8,14H,5H2,1H3. The number of sulfonamides is 1. The summed E-state index contributed by atoms with van der Waals surface area (Å²) in [6.07, 6.45) is 0. The Bertz CT molecular complexity index is 579. The largest absolute Gasteiger partial charge is 0.468 e. The van der Waals surface area contributed by atoms with Crippen molar-refractivity contribution in [3.8, 4) is 0 Å². The van der Waals surface area contributed by atoms with Crippen LogP contribution >= 0.6 is 43.5 Å². The smallest absolute Gasteiger partial charge is 0.320 e. The third kappa shape index (κ3) is 4.71. The van der Waals surface area contributed by atoms with E-state index in [2.05, 4.69) is 41.3 Å². The lowest BCUT2D eigenvalue weighted by atomic mass is 10.4. The van der Waals surface area contributed by atoms with E-state index in [4.69, 9.17) is 11.6 Å². The van der Waals surface area contributed by atoms with Gasteiger partial charge in [0.05, 0.1) is 17.0 Å². The molecule has 0 saturated heterocycles. The minimum absolute atomic E-state index is 0.0494. The van der Waals surface area contributed by atoms with Gasteiger partial charge in [-0.1, -0.05) is 27.5 Å². The molecule has 0 aliphatic heterocycles. The molecule has 0 aliphatic carbocycles. The fraction of sp³-hybridized carbons (Fsp3) is 0.300. The number of hydrogen-bond acceptors (Lipinski definition) is 4. The first kappa shape index (κ1) is 16.9. The summed E-state index contributed by atoms with van der Waals surface area (Å²) < 4.78 is 31.2. The Morgan fingerprint density at radius 3 is 2.68 bits per heavy atom. The molecule has 1 aromatic rings.